The number of halogens is 4. The number of ketones is 3. The van der Waals surface area contributed by atoms with E-state index in [1.54, 1.807) is 10.2 Å². The summed E-state index contributed by atoms with van der Waals surface area (Å²) in [5, 5.41) is 9.15. The summed E-state index contributed by atoms with van der Waals surface area (Å²) in [4.78, 5) is 43.8. The van der Waals surface area contributed by atoms with Gasteiger partial charge in [-0.1, -0.05) is 275 Å². The summed E-state index contributed by atoms with van der Waals surface area (Å²) in [5.74, 6) is 4.99. The van der Waals surface area contributed by atoms with Crippen LogP contribution < -0.4 is 0 Å². The Balaban J connectivity index is 0.000000348. The van der Waals surface area contributed by atoms with E-state index in [4.69, 9.17) is 27.5 Å². The van der Waals surface area contributed by atoms with Gasteiger partial charge in [-0.2, -0.15) is 0 Å². The number of ether oxygens (including phenoxy) is 2. The number of allylic oxidation sites excluding steroid dienone is 1. The highest BCUT2D eigenvalue weighted by Crippen LogP contribution is 2.19. The van der Waals surface area contributed by atoms with Crippen LogP contribution in [0, 0.1) is 23.8 Å². The number of benzene rings is 6. The van der Waals surface area contributed by atoms with Crippen LogP contribution in [0.5, 0.6) is 0 Å². The van der Waals surface area contributed by atoms with Gasteiger partial charge in [-0.15, -0.1) is 12.0 Å². The highest BCUT2D eigenvalue weighted by atomic mass is 127. The van der Waals surface area contributed by atoms with Crippen molar-refractivity contribution in [1.82, 2.24) is 0 Å². The highest BCUT2D eigenvalue weighted by Gasteiger charge is 2.18. The Morgan fingerprint density at radius 2 is 0.964 bits per heavy atom. The Labute approximate surface area is 549 Å². The molecule has 1 saturated heterocycles. The van der Waals surface area contributed by atoms with Crippen LogP contribution in [-0.2, 0) is 67.2 Å². The Hall–Kier alpha value is -5.08. The van der Waals surface area contributed by atoms with Gasteiger partial charge in [0.15, 0.2) is 12.1 Å². The Bertz CT molecular complexity index is 2880. The number of hydrogen-bond donors (Lipinski definition) is 1. The van der Waals surface area contributed by atoms with Crippen molar-refractivity contribution in [2.45, 2.75) is 134 Å². The lowest BCUT2D eigenvalue weighted by Crippen LogP contribution is -2.27. The number of aliphatic hydroxyl groups is 1. The van der Waals surface area contributed by atoms with Crippen molar-refractivity contribution in [3.8, 4) is 23.8 Å². The smallest absolute Gasteiger partial charge is 0.221 e. The third kappa shape index (κ3) is 42.7. The SMILES string of the molecule is C#CC(=O)CCc1ccccc1.C[Si](C)(C)C#CC(=O)CCc1ccccc1.I/C=C/[C@H](CCc1ccccc1)OC1CCCCO1.O=C(/C=C/I)CCc1ccccc1.O=C(Cl)CCc1ccccc1.O[C@H](/C=C/I)CCc1ccccc1. The van der Waals surface area contributed by atoms with Crippen molar-refractivity contribution >= 4 is 110 Å². The molecule has 0 amide bonds. The number of terminal acetylenes is 1. The first-order valence-corrected chi connectivity index (χ1v) is 36.0. The van der Waals surface area contributed by atoms with E-state index in [9.17, 15) is 24.3 Å². The first-order valence-electron chi connectivity index (χ1n) is 28.4. The Morgan fingerprint density at radius 3 is 1.33 bits per heavy atom. The van der Waals surface area contributed by atoms with Crippen LogP contribution in [-0.4, -0.2) is 60.9 Å². The zero-order chi connectivity index (χ0) is 61.3. The Morgan fingerprint density at radius 1 is 0.571 bits per heavy atom. The fraction of sp³-hybridized carbons (Fsp3) is 0.306. The summed E-state index contributed by atoms with van der Waals surface area (Å²) in [6, 6.07) is 60.6. The molecule has 1 fully saturated rings. The van der Waals surface area contributed by atoms with E-state index in [1.165, 1.54) is 28.7 Å². The Kier molecular flexibility index (Phi) is 43.8. The molecule has 0 spiro atoms. The second-order valence-electron chi connectivity index (χ2n) is 20.3. The minimum atomic E-state index is -1.41. The number of carbonyl (C=O) groups excluding carboxylic acids is 4. The molecule has 1 aliphatic rings. The minimum Gasteiger partial charge on any atom is -0.389 e. The van der Waals surface area contributed by atoms with E-state index in [0.717, 1.165) is 81.9 Å². The third-order valence-electron chi connectivity index (χ3n) is 12.1. The van der Waals surface area contributed by atoms with Crippen molar-refractivity contribution in [1.29, 1.82) is 0 Å². The molecule has 1 N–H and O–H groups in total. The van der Waals surface area contributed by atoms with Crippen LogP contribution >= 0.6 is 79.4 Å². The van der Waals surface area contributed by atoms with Crippen molar-refractivity contribution in [3.05, 3.63) is 246 Å². The van der Waals surface area contributed by atoms with E-state index in [2.05, 4.69) is 153 Å². The first-order chi connectivity index (χ1) is 40.6. The van der Waals surface area contributed by atoms with Crippen LogP contribution in [0.1, 0.15) is 91.2 Å². The van der Waals surface area contributed by atoms with Crippen molar-refractivity contribution in [2.75, 3.05) is 6.61 Å². The average molecular weight is 1500 g/mol. The molecule has 1 heterocycles. The summed E-state index contributed by atoms with van der Waals surface area (Å²) in [6.07, 6.45) is 22.6. The number of carbonyl (C=O) groups is 4. The van der Waals surface area contributed by atoms with Gasteiger partial charge in [-0.05, 0) is 152 Å². The van der Waals surface area contributed by atoms with E-state index in [-0.39, 0.29) is 41.1 Å². The van der Waals surface area contributed by atoms with Crippen molar-refractivity contribution < 1.29 is 33.8 Å². The summed E-state index contributed by atoms with van der Waals surface area (Å²) in [5.41, 5.74) is 10.5. The molecule has 0 radical (unpaired) electrons. The third-order valence-corrected chi connectivity index (χ3v) is 14.3. The van der Waals surface area contributed by atoms with Gasteiger partial charge in [0.25, 0.3) is 0 Å². The summed E-state index contributed by atoms with van der Waals surface area (Å²) in [6.45, 7) is 7.27. The van der Waals surface area contributed by atoms with Gasteiger partial charge in [0.1, 0.15) is 8.07 Å². The molecule has 12 heteroatoms. The van der Waals surface area contributed by atoms with Gasteiger partial charge in [-0.25, -0.2) is 0 Å². The predicted molar refractivity (Wildman–Crippen MR) is 378 cm³/mol. The highest BCUT2D eigenvalue weighted by molar-refractivity contribution is 14.1. The average Bonchev–Trinajstić information content (AvgIpc) is 3.52. The molecule has 7 rings (SSSR count). The van der Waals surface area contributed by atoms with Crippen LogP contribution in [0.4, 0.5) is 0 Å². The molecule has 0 aromatic heterocycles. The molecule has 0 saturated carbocycles. The van der Waals surface area contributed by atoms with Crippen LogP contribution in [0.25, 0.3) is 0 Å². The second-order valence-corrected chi connectivity index (χ2v) is 27.6. The maximum absolute atomic E-state index is 11.5. The van der Waals surface area contributed by atoms with Crippen molar-refractivity contribution in [2.24, 2.45) is 0 Å². The van der Waals surface area contributed by atoms with E-state index < -0.39 is 8.07 Å². The van der Waals surface area contributed by atoms with Gasteiger partial charge in [-0.3, -0.25) is 19.2 Å². The summed E-state index contributed by atoms with van der Waals surface area (Å²) < 4.78 is 17.3. The topological polar surface area (TPSA) is 107 Å². The molecule has 6 aromatic rings. The fourth-order valence-corrected chi connectivity index (χ4v) is 9.50. The maximum atomic E-state index is 11.5. The molecule has 444 valence electrons. The molecule has 84 heavy (non-hydrogen) atoms. The molecule has 6 aromatic carbocycles. The number of hydrogen-bond acceptors (Lipinski definition) is 7. The lowest BCUT2D eigenvalue weighted by molar-refractivity contribution is -0.179. The molecule has 1 aliphatic heterocycles. The predicted octanol–water partition coefficient (Wildman–Crippen LogP) is 17.8. The molecule has 1 unspecified atom stereocenters. The van der Waals surface area contributed by atoms with Gasteiger partial charge < -0.3 is 14.6 Å². The number of aliphatic hydroxyl groups excluding tert-OH is 1. The summed E-state index contributed by atoms with van der Waals surface area (Å²) >= 11 is 11.6. The normalized spacial score (nSPS) is 13.1. The zero-order valence-corrected chi connectivity index (χ0v) is 57.0. The van der Waals surface area contributed by atoms with Crippen LogP contribution in [0.15, 0.2) is 212 Å². The number of aryl methyl sites for hydroxylation is 6. The van der Waals surface area contributed by atoms with Gasteiger partial charge in [0.2, 0.25) is 16.8 Å². The quantitative estimate of drug-likeness (QED) is 0.0170. The largest absolute Gasteiger partial charge is 0.389 e. The molecule has 0 aliphatic carbocycles. The molecule has 0 bridgehead atoms. The van der Waals surface area contributed by atoms with Gasteiger partial charge in [0.05, 0.1) is 12.2 Å². The molecule has 3 atom stereocenters. The monoisotopic (exact) mass is 1500 g/mol. The number of Topliss-reactive ketones (excluding diaryl/α,β-unsaturated/α-hetero) is 2. The van der Waals surface area contributed by atoms with Crippen LogP contribution in [0.3, 0.4) is 0 Å². The second kappa shape index (κ2) is 49.1. The maximum Gasteiger partial charge on any atom is 0.221 e. The van der Waals surface area contributed by atoms with E-state index >= 15 is 0 Å². The standard InChI is InChI=1S/C16H21IO2.C14H18OSi.C11H13IO.C11H11IO.C11H10O.C9H9ClO/c17-12-11-15(19-16-8-4-5-13-18-16)10-9-14-6-2-1-3-7-14;1-16(2,3)12-11-14(15)10-9-13-7-5-4-6-8-13;2*12-9-8-11(13)7-6-10-4-2-1-3-5-10;1-2-11(12)9-8-10-6-4-3-5-7-10;10-9(11)7-6-8-4-2-1-3-5-8/h1-3,6-7,11-12,15-16H,4-5,8-10,13H2;4-8H,9-10H2,1-3H3;1-5,8-9,11,13H,6-7H2;1-5,8-9H,6-7H2;1,3-7H,8-9H2;1-5H,6-7H2/b12-11+;;2*9-8+;;/t15-,16?;;11-;;;/m0.0.../s1. The fourth-order valence-electron chi connectivity index (χ4n) is 7.55. The van der Waals surface area contributed by atoms with E-state index in [1.807, 2.05) is 154 Å². The van der Waals surface area contributed by atoms with Crippen LogP contribution in [0.2, 0.25) is 19.6 Å². The number of rotatable bonds is 23. The minimum absolute atomic E-state index is 0.0119. The zero-order valence-electron chi connectivity index (χ0n) is 48.8. The summed E-state index contributed by atoms with van der Waals surface area (Å²) in [7, 11) is -1.41. The molecular formula is C72H82ClI3O7Si. The molecule has 7 nitrogen and oxygen atoms in total. The van der Waals surface area contributed by atoms with E-state index in [0.29, 0.717) is 25.7 Å². The first kappa shape index (κ1) is 75.0. The lowest BCUT2D eigenvalue weighted by atomic mass is 10.1. The molecular weight excluding hydrogens is 1420 g/mol. The lowest BCUT2D eigenvalue weighted by Gasteiger charge is -2.26. The van der Waals surface area contributed by atoms with Gasteiger partial charge >= 0.3 is 0 Å². The van der Waals surface area contributed by atoms with Gasteiger partial charge in [0, 0.05) is 32.3 Å². The van der Waals surface area contributed by atoms with Crippen molar-refractivity contribution in [3.63, 3.8) is 0 Å².